The Morgan fingerprint density at radius 1 is 1.28 bits per heavy atom. The summed E-state index contributed by atoms with van der Waals surface area (Å²) in [6.07, 6.45) is 2.20. The Hall–Kier alpha value is -1.59. The van der Waals surface area contributed by atoms with Crippen LogP contribution in [0.4, 0.5) is 10.5 Å². The summed E-state index contributed by atoms with van der Waals surface area (Å²) in [5.41, 5.74) is 3.16. The second-order valence-electron chi connectivity index (χ2n) is 4.43. The van der Waals surface area contributed by atoms with Crippen LogP contribution in [0.15, 0.2) is 30.3 Å². The van der Waals surface area contributed by atoms with E-state index in [2.05, 4.69) is 16.1 Å². The van der Waals surface area contributed by atoms with Crippen LogP contribution in [0.2, 0.25) is 0 Å². The topological polar surface area (TPSA) is 62.4 Å². The average molecular weight is 249 g/mol. The van der Waals surface area contributed by atoms with E-state index >= 15 is 0 Å². The van der Waals surface area contributed by atoms with Crippen molar-refractivity contribution in [3.8, 4) is 0 Å². The van der Waals surface area contributed by atoms with Crippen LogP contribution in [0.25, 0.3) is 0 Å². The van der Waals surface area contributed by atoms with E-state index in [1.807, 2.05) is 30.3 Å². The number of hydrogen-bond acceptors (Lipinski definition) is 3. The molecule has 0 saturated carbocycles. The van der Waals surface area contributed by atoms with Crippen LogP contribution in [-0.2, 0) is 4.84 Å². The molecule has 1 fully saturated rings. The van der Waals surface area contributed by atoms with Crippen molar-refractivity contribution in [3.63, 3.8) is 0 Å². The van der Waals surface area contributed by atoms with E-state index in [0.717, 1.165) is 31.6 Å². The fourth-order valence-electron chi connectivity index (χ4n) is 1.95. The Bertz CT molecular complexity index is 364. The minimum Gasteiger partial charge on any atom is -0.317 e. The molecule has 3 N–H and O–H groups in total. The van der Waals surface area contributed by atoms with Crippen LogP contribution >= 0.6 is 0 Å². The van der Waals surface area contributed by atoms with Gasteiger partial charge in [0.1, 0.15) is 0 Å². The maximum atomic E-state index is 11.5. The van der Waals surface area contributed by atoms with E-state index in [-0.39, 0.29) is 6.03 Å². The summed E-state index contributed by atoms with van der Waals surface area (Å²) < 4.78 is 0. The number of para-hydroxylation sites is 1. The second-order valence-corrected chi connectivity index (χ2v) is 4.43. The largest absolute Gasteiger partial charge is 0.343 e. The molecule has 2 amide bonds. The Balaban J connectivity index is 1.62. The van der Waals surface area contributed by atoms with E-state index in [4.69, 9.17) is 4.84 Å². The summed E-state index contributed by atoms with van der Waals surface area (Å²) in [6.45, 7) is 2.64. The van der Waals surface area contributed by atoms with Crippen LogP contribution in [-0.4, -0.2) is 25.7 Å². The lowest BCUT2D eigenvalue weighted by atomic mass is 10.00. The third-order valence-electron chi connectivity index (χ3n) is 2.97. The number of rotatable bonds is 4. The Kier molecular flexibility index (Phi) is 4.99. The van der Waals surface area contributed by atoms with Crippen molar-refractivity contribution in [2.45, 2.75) is 12.8 Å². The van der Waals surface area contributed by atoms with Gasteiger partial charge in [0.25, 0.3) is 0 Å². The maximum Gasteiger partial charge on any atom is 0.343 e. The van der Waals surface area contributed by atoms with Gasteiger partial charge in [-0.15, -0.1) is 0 Å². The highest BCUT2D eigenvalue weighted by Crippen LogP contribution is 2.11. The van der Waals surface area contributed by atoms with Crippen molar-refractivity contribution in [2.24, 2.45) is 5.92 Å². The first-order chi connectivity index (χ1) is 8.84. The first-order valence-electron chi connectivity index (χ1n) is 6.29. The molecule has 1 heterocycles. The van der Waals surface area contributed by atoms with Gasteiger partial charge in [-0.1, -0.05) is 18.2 Å². The van der Waals surface area contributed by atoms with Gasteiger partial charge in [-0.3, -0.25) is 4.84 Å². The fraction of sp³-hybridized carbons (Fsp3) is 0.462. The molecule has 1 saturated heterocycles. The monoisotopic (exact) mass is 249 g/mol. The van der Waals surface area contributed by atoms with Gasteiger partial charge in [-0.25, -0.2) is 10.3 Å². The number of nitrogens with one attached hydrogen (secondary N) is 3. The number of piperidine rings is 1. The van der Waals surface area contributed by atoms with Crippen LogP contribution in [0, 0.1) is 5.92 Å². The van der Waals surface area contributed by atoms with Gasteiger partial charge in [-0.2, -0.15) is 0 Å². The quantitative estimate of drug-likeness (QED) is 0.712. The molecule has 0 unspecified atom stereocenters. The van der Waals surface area contributed by atoms with Crippen molar-refractivity contribution >= 4 is 11.7 Å². The number of amides is 2. The van der Waals surface area contributed by atoms with E-state index in [9.17, 15) is 4.79 Å². The summed E-state index contributed by atoms with van der Waals surface area (Å²) in [5.74, 6) is 0.531. The van der Waals surface area contributed by atoms with Crippen LogP contribution < -0.4 is 16.1 Å². The Morgan fingerprint density at radius 3 is 2.72 bits per heavy atom. The predicted octanol–water partition coefficient (Wildman–Crippen LogP) is 1.74. The highest BCUT2D eigenvalue weighted by Gasteiger charge is 2.13. The lowest BCUT2D eigenvalue weighted by Crippen LogP contribution is -2.34. The van der Waals surface area contributed by atoms with E-state index < -0.39 is 0 Å². The molecule has 1 aromatic rings. The molecular formula is C13H19N3O2. The summed E-state index contributed by atoms with van der Waals surface area (Å²) in [4.78, 5) is 16.7. The molecule has 2 rings (SSSR count). The molecule has 0 spiro atoms. The lowest BCUT2D eigenvalue weighted by Gasteiger charge is -2.22. The summed E-state index contributed by atoms with van der Waals surface area (Å²) in [6, 6.07) is 8.95. The SMILES string of the molecule is O=C(NOCC1CCNCC1)Nc1ccccc1. The molecule has 0 aromatic heterocycles. The van der Waals surface area contributed by atoms with E-state index in [0.29, 0.717) is 12.5 Å². The molecule has 0 aliphatic carbocycles. The molecule has 98 valence electrons. The van der Waals surface area contributed by atoms with E-state index in [1.54, 1.807) is 0 Å². The molecule has 0 radical (unpaired) electrons. The molecule has 1 aliphatic rings. The number of anilines is 1. The zero-order valence-corrected chi connectivity index (χ0v) is 10.3. The van der Waals surface area contributed by atoms with Gasteiger partial charge < -0.3 is 10.6 Å². The number of hydrogen-bond donors (Lipinski definition) is 3. The molecule has 5 nitrogen and oxygen atoms in total. The molecule has 18 heavy (non-hydrogen) atoms. The minimum atomic E-state index is -0.338. The average Bonchev–Trinajstić information content (AvgIpc) is 2.41. The first kappa shape index (κ1) is 12.9. The molecule has 1 aromatic carbocycles. The van der Waals surface area contributed by atoms with E-state index in [1.165, 1.54) is 0 Å². The number of urea groups is 1. The molecule has 0 atom stereocenters. The van der Waals surface area contributed by atoms with Crippen molar-refractivity contribution in [1.29, 1.82) is 0 Å². The third-order valence-corrected chi connectivity index (χ3v) is 2.97. The van der Waals surface area contributed by atoms with Crippen molar-refractivity contribution < 1.29 is 9.63 Å². The standard InChI is InChI=1S/C13H19N3O2/c17-13(15-12-4-2-1-3-5-12)16-18-10-11-6-8-14-9-7-11/h1-5,11,14H,6-10H2,(H2,15,16,17). The van der Waals surface area contributed by atoms with Gasteiger partial charge in [-0.05, 0) is 44.0 Å². The Labute approximate surface area is 107 Å². The number of benzene rings is 1. The molecule has 1 aliphatic heterocycles. The van der Waals surface area contributed by atoms with Crippen LogP contribution in [0.1, 0.15) is 12.8 Å². The number of carbonyl (C=O) groups excluding carboxylic acids is 1. The highest BCUT2D eigenvalue weighted by molar-refractivity contribution is 5.88. The van der Waals surface area contributed by atoms with Gasteiger partial charge in [0.15, 0.2) is 0 Å². The molecule has 0 bridgehead atoms. The van der Waals surface area contributed by atoms with Crippen LogP contribution in [0.3, 0.4) is 0 Å². The fourth-order valence-corrected chi connectivity index (χ4v) is 1.95. The van der Waals surface area contributed by atoms with Gasteiger partial charge in [0.2, 0.25) is 0 Å². The third kappa shape index (κ3) is 4.35. The predicted molar refractivity (Wildman–Crippen MR) is 70.1 cm³/mol. The number of hydroxylamine groups is 1. The normalized spacial score (nSPS) is 16.2. The van der Waals surface area contributed by atoms with Crippen molar-refractivity contribution in [3.05, 3.63) is 30.3 Å². The smallest absolute Gasteiger partial charge is 0.317 e. The van der Waals surface area contributed by atoms with Gasteiger partial charge >= 0.3 is 6.03 Å². The molecule has 5 heteroatoms. The minimum absolute atomic E-state index is 0.338. The summed E-state index contributed by atoms with van der Waals surface area (Å²) >= 11 is 0. The number of carbonyl (C=O) groups is 1. The lowest BCUT2D eigenvalue weighted by molar-refractivity contribution is 0.0336. The summed E-state index contributed by atoms with van der Waals surface area (Å²) in [7, 11) is 0. The van der Waals surface area contributed by atoms with Gasteiger partial charge in [0, 0.05) is 5.69 Å². The molecular weight excluding hydrogens is 230 g/mol. The first-order valence-corrected chi connectivity index (χ1v) is 6.29. The maximum absolute atomic E-state index is 11.5. The second kappa shape index (κ2) is 6.98. The zero-order valence-electron chi connectivity index (χ0n) is 10.3. The van der Waals surface area contributed by atoms with Crippen LogP contribution in [0.5, 0.6) is 0 Å². The van der Waals surface area contributed by atoms with Crippen molar-refractivity contribution in [2.75, 3.05) is 25.0 Å². The zero-order chi connectivity index (χ0) is 12.6. The highest BCUT2D eigenvalue weighted by atomic mass is 16.7. The van der Waals surface area contributed by atoms with Gasteiger partial charge in [0.05, 0.1) is 6.61 Å². The van der Waals surface area contributed by atoms with Crippen molar-refractivity contribution in [1.82, 2.24) is 10.8 Å². The summed E-state index contributed by atoms with van der Waals surface area (Å²) in [5, 5.41) is 5.98. The Morgan fingerprint density at radius 2 is 2.00 bits per heavy atom.